The van der Waals surface area contributed by atoms with Gasteiger partial charge in [0.2, 0.25) is 0 Å². The molecule has 6 nitrogen and oxygen atoms in total. The zero-order valence-electron chi connectivity index (χ0n) is 16.5. The smallest absolute Gasteiger partial charge is 0.251 e. The van der Waals surface area contributed by atoms with Crippen LogP contribution in [-0.4, -0.2) is 36.6 Å². The van der Waals surface area contributed by atoms with E-state index in [0.29, 0.717) is 37.7 Å². The number of carbonyl (C=O) groups is 1. The summed E-state index contributed by atoms with van der Waals surface area (Å²) in [5.74, 6) is 0.539. The summed E-state index contributed by atoms with van der Waals surface area (Å²) in [6.45, 7) is 7.75. The van der Waals surface area contributed by atoms with Crippen molar-refractivity contribution >= 4 is 47.2 Å². The first-order chi connectivity index (χ1) is 13.0. The number of carbonyl (C=O) groups excluding carboxylic acids is 1. The van der Waals surface area contributed by atoms with Crippen molar-refractivity contribution in [3.8, 4) is 0 Å². The largest absolute Gasteiger partial charge is 0.384 e. The number of hydrogen-bond donors (Lipinski definition) is 4. The van der Waals surface area contributed by atoms with Gasteiger partial charge in [-0.2, -0.15) is 11.3 Å². The fraction of sp³-hybridized carbons (Fsp3) is 0.400. The number of benzene rings is 1. The van der Waals surface area contributed by atoms with Gasteiger partial charge in [0.15, 0.2) is 5.96 Å². The number of aliphatic imine (C=N–C) groups is 1. The molecule has 8 heteroatoms. The zero-order valence-corrected chi connectivity index (χ0v) is 19.6. The molecule has 0 bridgehead atoms. The quantitative estimate of drug-likeness (QED) is 0.247. The summed E-state index contributed by atoms with van der Waals surface area (Å²) in [4.78, 5) is 16.5. The molecule has 0 spiro atoms. The molecule has 154 valence electrons. The number of amides is 1. The Kier molecular flexibility index (Phi) is 10.5. The molecular formula is C20H29IN4O2S. The van der Waals surface area contributed by atoms with Gasteiger partial charge in [-0.05, 0) is 60.9 Å². The molecule has 1 heterocycles. The molecule has 1 unspecified atom stereocenters. The maximum absolute atomic E-state index is 12.0. The Morgan fingerprint density at radius 2 is 1.93 bits per heavy atom. The molecular weight excluding hydrogens is 487 g/mol. The predicted molar refractivity (Wildman–Crippen MR) is 127 cm³/mol. The molecule has 4 N–H and O–H groups in total. The number of hydrogen-bond acceptors (Lipinski definition) is 4. The Balaban J connectivity index is 0.00000392. The number of rotatable bonds is 8. The van der Waals surface area contributed by atoms with E-state index >= 15 is 0 Å². The van der Waals surface area contributed by atoms with Gasteiger partial charge in [0.1, 0.15) is 5.60 Å². The van der Waals surface area contributed by atoms with E-state index in [0.717, 1.165) is 11.1 Å². The normalized spacial score (nSPS) is 13.2. The summed E-state index contributed by atoms with van der Waals surface area (Å²) >= 11 is 1.56. The maximum atomic E-state index is 12.0. The van der Waals surface area contributed by atoms with Crippen LogP contribution in [0, 0.1) is 0 Å². The third-order valence-electron chi connectivity index (χ3n) is 4.03. The Labute approximate surface area is 187 Å². The van der Waals surface area contributed by atoms with E-state index in [1.165, 1.54) is 0 Å². The minimum absolute atomic E-state index is 0. The minimum Gasteiger partial charge on any atom is -0.384 e. The van der Waals surface area contributed by atoms with Crippen LogP contribution in [0.1, 0.15) is 42.3 Å². The van der Waals surface area contributed by atoms with Crippen molar-refractivity contribution in [1.29, 1.82) is 0 Å². The van der Waals surface area contributed by atoms with E-state index in [-0.39, 0.29) is 29.9 Å². The first kappa shape index (κ1) is 24.4. The van der Waals surface area contributed by atoms with E-state index < -0.39 is 5.60 Å². The van der Waals surface area contributed by atoms with Crippen LogP contribution in [0.15, 0.2) is 46.1 Å². The first-order valence-corrected chi connectivity index (χ1v) is 10.0. The van der Waals surface area contributed by atoms with Crippen molar-refractivity contribution in [3.63, 3.8) is 0 Å². The van der Waals surface area contributed by atoms with Crippen LogP contribution >= 0.6 is 35.3 Å². The summed E-state index contributed by atoms with van der Waals surface area (Å²) in [5, 5.41) is 23.7. The van der Waals surface area contributed by atoms with Crippen LogP contribution < -0.4 is 16.0 Å². The van der Waals surface area contributed by atoms with E-state index in [1.807, 2.05) is 48.9 Å². The lowest BCUT2D eigenvalue weighted by atomic mass is 9.99. The van der Waals surface area contributed by atoms with Gasteiger partial charge >= 0.3 is 0 Å². The molecule has 0 saturated heterocycles. The molecule has 0 radical (unpaired) electrons. The third-order valence-corrected chi connectivity index (χ3v) is 4.72. The average Bonchev–Trinajstić information content (AvgIpc) is 3.20. The summed E-state index contributed by atoms with van der Waals surface area (Å²) in [6.07, 6.45) is 0. The van der Waals surface area contributed by atoms with Crippen molar-refractivity contribution in [2.24, 2.45) is 4.99 Å². The van der Waals surface area contributed by atoms with E-state index in [2.05, 4.69) is 20.9 Å². The second kappa shape index (κ2) is 12.0. The van der Waals surface area contributed by atoms with E-state index in [1.54, 1.807) is 24.3 Å². The summed E-state index contributed by atoms with van der Waals surface area (Å²) in [5.41, 5.74) is 1.47. The Morgan fingerprint density at radius 3 is 2.57 bits per heavy atom. The molecule has 1 aromatic carbocycles. The summed E-state index contributed by atoms with van der Waals surface area (Å²) in [7, 11) is 0. The average molecular weight is 516 g/mol. The molecule has 0 fully saturated rings. The lowest BCUT2D eigenvalue weighted by Gasteiger charge is -2.24. The molecule has 2 aromatic rings. The third kappa shape index (κ3) is 7.40. The number of nitrogens with one attached hydrogen (secondary N) is 3. The lowest BCUT2D eigenvalue weighted by molar-refractivity contribution is 0.0621. The second-order valence-electron chi connectivity index (χ2n) is 6.39. The highest BCUT2D eigenvalue weighted by molar-refractivity contribution is 14.0. The summed E-state index contributed by atoms with van der Waals surface area (Å²) in [6, 6.07) is 9.36. The Hall–Kier alpha value is -1.65. The number of guanidine groups is 1. The lowest BCUT2D eigenvalue weighted by Crippen LogP contribution is -2.44. The van der Waals surface area contributed by atoms with Crippen LogP contribution in [0.5, 0.6) is 0 Å². The van der Waals surface area contributed by atoms with Gasteiger partial charge in [0.25, 0.3) is 5.91 Å². The second-order valence-corrected chi connectivity index (χ2v) is 7.17. The van der Waals surface area contributed by atoms with Crippen molar-refractivity contribution in [2.45, 2.75) is 32.9 Å². The standard InChI is InChI=1S/C20H28N4O2S.HI/c1-4-21-18(25)16-8-6-7-15(11-16)12-23-19(22-5-2)24-14-20(3,26)17-9-10-27-13-17;/h6-11,13,26H,4-5,12,14H2,1-3H3,(H,21,25)(H2,22,23,24);1H. The Morgan fingerprint density at radius 1 is 1.18 bits per heavy atom. The number of thiophene rings is 1. The van der Waals surface area contributed by atoms with Crippen LogP contribution in [0.2, 0.25) is 0 Å². The molecule has 0 aliphatic carbocycles. The number of aliphatic hydroxyl groups is 1. The van der Waals surface area contributed by atoms with Crippen LogP contribution in [0.3, 0.4) is 0 Å². The highest BCUT2D eigenvalue weighted by Gasteiger charge is 2.23. The SMILES string of the molecule is CCNC(=O)c1cccc(CN=C(NCC)NCC(C)(O)c2ccsc2)c1.I. The zero-order chi connectivity index (χ0) is 19.7. The van der Waals surface area contributed by atoms with Crippen molar-refractivity contribution < 1.29 is 9.90 Å². The monoisotopic (exact) mass is 516 g/mol. The van der Waals surface area contributed by atoms with Gasteiger partial charge in [-0.15, -0.1) is 24.0 Å². The highest BCUT2D eigenvalue weighted by atomic mass is 127. The van der Waals surface area contributed by atoms with Gasteiger partial charge in [0, 0.05) is 18.7 Å². The highest BCUT2D eigenvalue weighted by Crippen LogP contribution is 2.21. The summed E-state index contributed by atoms with van der Waals surface area (Å²) < 4.78 is 0. The number of halogens is 1. The molecule has 1 aromatic heterocycles. The van der Waals surface area contributed by atoms with Gasteiger partial charge in [0.05, 0.1) is 13.1 Å². The van der Waals surface area contributed by atoms with Crippen LogP contribution in [0.4, 0.5) is 0 Å². The van der Waals surface area contributed by atoms with Gasteiger partial charge in [-0.3, -0.25) is 4.79 Å². The van der Waals surface area contributed by atoms with Crippen molar-refractivity contribution in [1.82, 2.24) is 16.0 Å². The fourth-order valence-corrected chi connectivity index (χ4v) is 3.30. The molecule has 2 rings (SSSR count). The predicted octanol–water partition coefficient (Wildman–Crippen LogP) is 3.08. The van der Waals surface area contributed by atoms with Crippen molar-refractivity contribution in [3.05, 3.63) is 57.8 Å². The van der Waals surface area contributed by atoms with E-state index in [4.69, 9.17) is 0 Å². The van der Waals surface area contributed by atoms with E-state index in [9.17, 15) is 9.90 Å². The molecule has 0 saturated carbocycles. The molecule has 1 amide bonds. The maximum Gasteiger partial charge on any atom is 0.251 e. The van der Waals surface area contributed by atoms with Gasteiger partial charge in [-0.25, -0.2) is 4.99 Å². The fourth-order valence-electron chi connectivity index (χ4n) is 2.51. The van der Waals surface area contributed by atoms with Crippen molar-refractivity contribution in [2.75, 3.05) is 19.6 Å². The molecule has 0 aliphatic rings. The van der Waals surface area contributed by atoms with Gasteiger partial charge < -0.3 is 21.1 Å². The number of nitrogens with zero attached hydrogens (tertiary/aromatic N) is 1. The molecule has 28 heavy (non-hydrogen) atoms. The minimum atomic E-state index is -0.978. The topological polar surface area (TPSA) is 85.8 Å². The molecule has 0 aliphatic heterocycles. The van der Waals surface area contributed by atoms with Crippen LogP contribution in [0.25, 0.3) is 0 Å². The van der Waals surface area contributed by atoms with Crippen LogP contribution in [-0.2, 0) is 12.1 Å². The van der Waals surface area contributed by atoms with Gasteiger partial charge in [-0.1, -0.05) is 12.1 Å². The first-order valence-electron chi connectivity index (χ1n) is 9.10. The molecule has 1 atom stereocenters. The Bertz CT molecular complexity index is 763.